The summed E-state index contributed by atoms with van der Waals surface area (Å²) in [5, 5.41) is 1.85. The molecule has 170 valence electrons. The Labute approximate surface area is 191 Å². The fraction of sp³-hybridized carbons (Fsp3) is 0.348. The van der Waals surface area contributed by atoms with Gasteiger partial charge in [0, 0.05) is 35.7 Å². The molecular formula is C23H26ClFN4O3. The number of rotatable bonds is 7. The maximum Gasteiger partial charge on any atom is 0.323 e. The molecule has 0 saturated carbocycles. The highest BCUT2D eigenvalue weighted by Crippen LogP contribution is 2.34. The number of amides is 3. The molecular weight excluding hydrogens is 435 g/mol. The maximum atomic E-state index is 13.7. The van der Waals surface area contributed by atoms with Crippen LogP contribution in [0, 0.1) is 19.7 Å². The van der Waals surface area contributed by atoms with Crippen molar-refractivity contribution in [2.45, 2.75) is 27.7 Å². The molecule has 0 fully saturated rings. The highest BCUT2D eigenvalue weighted by molar-refractivity contribution is 6.64. The number of aryl methyl sites for hydroxylation is 1. The van der Waals surface area contributed by atoms with Gasteiger partial charge in [-0.05, 0) is 68.4 Å². The Morgan fingerprint density at radius 2 is 1.84 bits per heavy atom. The van der Waals surface area contributed by atoms with E-state index in [1.54, 1.807) is 19.9 Å². The minimum Gasteiger partial charge on any atom is -0.358 e. The molecule has 0 aliphatic carbocycles. The number of carbonyl (C=O) groups is 3. The second-order valence-electron chi connectivity index (χ2n) is 7.60. The Kier molecular flexibility index (Phi) is 7.16. The molecule has 1 aromatic carbocycles. The number of imide groups is 1. The third-order valence-electron chi connectivity index (χ3n) is 5.73. The van der Waals surface area contributed by atoms with E-state index >= 15 is 0 Å². The molecule has 32 heavy (non-hydrogen) atoms. The number of fused-ring (bicyclic) bond motifs is 1. The van der Waals surface area contributed by atoms with Crippen molar-refractivity contribution in [1.29, 1.82) is 0 Å². The zero-order valence-electron chi connectivity index (χ0n) is 18.5. The summed E-state index contributed by atoms with van der Waals surface area (Å²) in [7, 11) is 0. The minimum atomic E-state index is -0.846. The molecule has 3 rings (SSSR count). The molecule has 1 aliphatic rings. The smallest absolute Gasteiger partial charge is 0.323 e. The Balaban J connectivity index is 1.95. The van der Waals surface area contributed by atoms with Gasteiger partial charge < -0.3 is 15.2 Å². The molecule has 0 radical (unpaired) electrons. The van der Waals surface area contributed by atoms with E-state index in [-0.39, 0.29) is 18.0 Å². The fourth-order valence-corrected chi connectivity index (χ4v) is 4.03. The van der Waals surface area contributed by atoms with Gasteiger partial charge in [-0.3, -0.25) is 19.3 Å². The van der Waals surface area contributed by atoms with E-state index in [1.165, 1.54) is 18.2 Å². The average Bonchev–Trinajstić information content (AvgIpc) is 3.20. The first-order chi connectivity index (χ1) is 15.2. The van der Waals surface area contributed by atoms with Crippen LogP contribution in [0.4, 0.5) is 14.9 Å². The van der Waals surface area contributed by atoms with Crippen molar-refractivity contribution in [2.75, 3.05) is 31.5 Å². The first kappa shape index (κ1) is 23.7. The topological polar surface area (TPSA) is 85.5 Å². The van der Waals surface area contributed by atoms with E-state index < -0.39 is 17.1 Å². The molecule has 0 unspecified atom stereocenters. The summed E-state index contributed by atoms with van der Waals surface area (Å²) >= 11 is 5.73. The summed E-state index contributed by atoms with van der Waals surface area (Å²) in [5.74, 6) is -1.32. The number of nitrogens with one attached hydrogen (secondary N) is 2. The molecule has 2 heterocycles. The van der Waals surface area contributed by atoms with E-state index in [1.807, 2.05) is 13.8 Å². The summed E-state index contributed by atoms with van der Waals surface area (Å²) < 4.78 is 13.7. The Morgan fingerprint density at radius 1 is 1.16 bits per heavy atom. The average molecular weight is 461 g/mol. The lowest BCUT2D eigenvalue weighted by Crippen LogP contribution is -2.40. The standard InChI is InChI=1S/C23H26ClFN4O3/c1-5-28(6-2)9-10-29(23(24)32)22(31)20-13(3)19(26-14(20)4)12-17-16-11-15(25)7-8-18(16)27-21(17)30/h7-8,11-12,26H,5-6,9-10H2,1-4H3,(H,27,30)/b17-12-. The zero-order valence-corrected chi connectivity index (χ0v) is 19.3. The van der Waals surface area contributed by atoms with Crippen LogP contribution in [0.25, 0.3) is 11.6 Å². The highest BCUT2D eigenvalue weighted by Gasteiger charge is 2.29. The molecule has 1 aromatic heterocycles. The second-order valence-corrected chi connectivity index (χ2v) is 7.93. The molecule has 2 aromatic rings. The Hall–Kier alpha value is -2.97. The number of hydrogen-bond acceptors (Lipinski definition) is 4. The van der Waals surface area contributed by atoms with Crippen LogP contribution < -0.4 is 5.32 Å². The summed E-state index contributed by atoms with van der Waals surface area (Å²) in [6.07, 6.45) is 1.59. The number of aromatic nitrogens is 1. The van der Waals surface area contributed by atoms with Crippen LogP contribution in [0.2, 0.25) is 0 Å². The van der Waals surface area contributed by atoms with Crippen molar-refractivity contribution in [3.63, 3.8) is 0 Å². The van der Waals surface area contributed by atoms with Gasteiger partial charge in [0.2, 0.25) is 0 Å². The molecule has 3 amide bonds. The van der Waals surface area contributed by atoms with Gasteiger partial charge in [-0.1, -0.05) is 13.8 Å². The maximum absolute atomic E-state index is 13.7. The first-order valence-corrected chi connectivity index (χ1v) is 10.8. The lowest BCUT2D eigenvalue weighted by Gasteiger charge is -2.23. The summed E-state index contributed by atoms with van der Waals surface area (Å²) in [6.45, 7) is 9.70. The van der Waals surface area contributed by atoms with E-state index in [4.69, 9.17) is 11.6 Å². The number of aromatic amines is 1. The molecule has 7 nitrogen and oxygen atoms in total. The highest BCUT2D eigenvalue weighted by atomic mass is 35.5. The number of nitrogens with zero attached hydrogens (tertiary/aromatic N) is 2. The lowest BCUT2D eigenvalue weighted by atomic mass is 10.0. The van der Waals surface area contributed by atoms with Gasteiger partial charge in [0.1, 0.15) is 5.82 Å². The summed E-state index contributed by atoms with van der Waals surface area (Å²) in [4.78, 5) is 43.9. The quantitative estimate of drug-likeness (QED) is 0.364. The van der Waals surface area contributed by atoms with Crippen molar-refractivity contribution in [1.82, 2.24) is 14.8 Å². The normalized spacial score (nSPS) is 14.1. The van der Waals surface area contributed by atoms with E-state index in [9.17, 15) is 18.8 Å². The van der Waals surface area contributed by atoms with Crippen LogP contribution in [0.3, 0.4) is 0 Å². The van der Waals surface area contributed by atoms with Gasteiger partial charge in [-0.15, -0.1) is 0 Å². The molecule has 9 heteroatoms. The molecule has 2 N–H and O–H groups in total. The number of anilines is 1. The largest absolute Gasteiger partial charge is 0.358 e. The van der Waals surface area contributed by atoms with E-state index in [0.29, 0.717) is 40.3 Å². The van der Waals surface area contributed by atoms with E-state index in [0.717, 1.165) is 18.0 Å². The number of benzene rings is 1. The molecule has 1 aliphatic heterocycles. The Bertz CT molecular complexity index is 1100. The van der Waals surface area contributed by atoms with Gasteiger partial charge in [0.05, 0.1) is 11.1 Å². The van der Waals surface area contributed by atoms with Gasteiger partial charge in [-0.2, -0.15) is 0 Å². The second kappa shape index (κ2) is 9.67. The lowest BCUT2D eigenvalue weighted by molar-refractivity contribution is -0.110. The molecule has 0 spiro atoms. The monoisotopic (exact) mass is 460 g/mol. The SMILES string of the molecule is CCN(CC)CCN(C(=O)Cl)C(=O)c1c(C)[nH]c(/C=C2\C(=O)Nc3ccc(F)cc32)c1C. The number of likely N-dealkylation sites (N-methyl/N-ethyl adjacent to an activating group) is 1. The van der Waals surface area contributed by atoms with Crippen LogP contribution in [-0.4, -0.2) is 58.1 Å². The Morgan fingerprint density at radius 3 is 2.47 bits per heavy atom. The van der Waals surface area contributed by atoms with Crippen LogP contribution in [0.1, 0.15) is 46.7 Å². The van der Waals surface area contributed by atoms with E-state index in [2.05, 4.69) is 15.2 Å². The summed E-state index contributed by atoms with van der Waals surface area (Å²) in [6, 6.07) is 4.07. The van der Waals surface area contributed by atoms with Crippen molar-refractivity contribution in [2.24, 2.45) is 0 Å². The number of H-pyrrole nitrogens is 1. The van der Waals surface area contributed by atoms with Gasteiger partial charge >= 0.3 is 5.37 Å². The zero-order chi connectivity index (χ0) is 23.6. The van der Waals surface area contributed by atoms with Crippen molar-refractivity contribution in [3.8, 4) is 0 Å². The van der Waals surface area contributed by atoms with Gasteiger partial charge in [0.25, 0.3) is 11.8 Å². The van der Waals surface area contributed by atoms with Crippen molar-refractivity contribution < 1.29 is 18.8 Å². The molecule has 0 saturated heterocycles. The predicted octanol–water partition coefficient (Wildman–Crippen LogP) is 4.41. The van der Waals surface area contributed by atoms with Crippen molar-refractivity contribution >= 4 is 46.1 Å². The number of hydrogen-bond donors (Lipinski definition) is 2. The fourth-order valence-electron chi connectivity index (χ4n) is 3.87. The van der Waals surface area contributed by atoms with Gasteiger partial charge in [0.15, 0.2) is 0 Å². The minimum absolute atomic E-state index is 0.165. The third kappa shape index (κ3) is 4.61. The third-order valence-corrected chi connectivity index (χ3v) is 5.94. The van der Waals surface area contributed by atoms with Crippen LogP contribution in [-0.2, 0) is 4.79 Å². The van der Waals surface area contributed by atoms with Gasteiger partial charge in [-0.25, -0.2) is 4.39 Å². The molecule has 0 bridgehead atoms. The number of halogens is 2. The summed E-state index contributed by atoms with van der Waals surface area (Å²) in [5.41, 5.74) is 3.23. The van der Waals surface area contributed by atoms with Crippen molar-refractivity contribution in [3.05, 3.63) is 52.1 Å². The predicted molar refractivity (Wildman–Crippen MR) is 123 cm³/mol. The van der Waals surface area contributed by atoms with Crippen LogP contribution in [0.15, 0.2) is 18.2 Å². The number of carbonyl (C=O) groups excluding carboxylic acids is 3. The molecule has 0 atom stereocenters. The first-order valence-electron chi connectivity index (χ1n) is 10.4. The van der Waals surface area contributed by atoms with Crippen LogP contribution >= 0.6 is 11.6 Å². The van der Waals surface area contributed by atoms with Crippen LogP contribution in [0.5, 0.6) is 0 Å².